The molecule has 10 radical (unpaired) electrons. The molecule has 0 bridgehead atoms. The molecule has 0 nitrogen and oxygen atoms in total. The molecule has 0 saturated heterocycles. The summed E-state index contributed by atoms with van der Waals surface area (Å²) in [6.45, 7) is 15.1. The van der Waals surface area contributed by atoms with Crippen LogP contribution in [-0.2, 0) is 26.2 Å². The van der Waals surface area contributed by atoms with E-state index in [1.807, 2.05) is 64.2 Å². The van der Waals surface area contributed by atoms with E-state index in [0.29, 0.717) is 11.3 Å². The Bertz CT molecular complexity index is 221. The second kappa shape index (κ2) is 10.6. The molecule has 1 heteroatoms. The topological polar surface area (TPSA) is 0 Å². The minimum atomic E-state index is 0. The zero-order valence-corrected chi connectivity index (χ0v) is 16.1. The first-order chi connectivity index (χ1) is 9.33. The molecule has 21 heavy (non-hydrogen) atoms. The summed E-state index contributed by atoms with van der Waals surface area (Å²) >= 11 is 0. The number of hydrogen-bond acceptors (Lipinski definition) is 0. The van der Waals surface area contributed by atoms with Crippen molar-refractivity contribution in [3.05, 3.63) is 78.1 Å². The summed E-state index contributed by atoms with van der Waals surface area (Å²) in [5.41, 5.74) is 0.701. The minimum Gasteiger partial charge on any atom is -0.342 e. The molecule has 3 rings (SSSR count). The molecular formula is C20H28Zr. The van der Waals surface area contributed by atoms with E-state index >= 15 is 0 Å². The van der Waals surface area contributed by atoms with Crippen molar-refractivity contribution in [2.24, 2.45) is 16.7 Å². The van der Waals surface area contributed by atoms with Gasteiger partial charge in [0.25, 0.3) is 0 Å². The van der Waals surface area contributed by atoms with Crippen molar-refractivity contribution in [1.82, 2.24) is 0 Å². The molecule has 0 aromatic rings. The monoisotopic (exact) mass is 358 g/mol. The Morgan fingerprint density at radius 1 is 0.762 bits per heavy atom. The maximum absolute atomic E-state index is 4.18. The Hall–Kier alpha value is 0.883. The summed E-state index contributed by atoms with van der Waals surface area (Å²) in [6.07, 6.45) is 22.4. The van der Waals surface area contributed by atoms with Gasteiger partial charge in [-0.15, -0.1) is 0 Å². The molecule has 2 unspecified atom stereocenters. The molecule has 0 aliphatic heterocycles. The van der Waals surface area contributed by atoms with Gasteiger partial charge in [-0.05, 0) is 69.6 Å². The zero-order valence-electron chi connectivity index (χ0n) is 13.7. The first-order valence-electron chi connectivity index (χ1n) is 7.35. The Kier molecular flexibility index (Phi) is 11.1. The van der Waals surface area contributed by atoms with E-state index in [1.165, 1.54) is 12.8 Å². The third kappa shape index (κ3) is 9.58. The summed E-state index contributed by atoms with van der Waals surface area (Å²) in [5, 5.41) is 0. The van der Waals surface area contributed by atoms with Crippen LogP contribution < -0.4 is 0 Å². The summed E-state index contributed by atoms with van der Waals surface area (Å²) in [4.78, 5) is 0. The van der Waals surface area contributed by atoms with Crippen LogP contribution in [0.15, 0.2) is 0 Å². The fourth-order valence-corrected chi connectivity index (χ4v) is 2.86. The van der Waals surface area contributed by atoms with Crippen molar-refractivity contribution in [3.8, 4) is 0 Å². The van der Waals surface area contributed by atoms with Crippen molar-refractivity contribution >= 4 is 0 Å². The van der Waals surface area contributed by atoms with Gasteiger partial charge in [-0.1, -0.05) is 33.6 Å². The molecule has 112 valence electrons. The third-order valence-corrected chi connectivity index (χ3v) is 3.78. The molecule has 0 N–H and O–H groups in total. The van der Waals surface area contributed by atoms with Gasteiger partial charge in [0.15, 0.2) is 0 Å². The molecule has 0 amide bonds. The van der Waals surface area contributed by atoms with Crippen molar-refractivity contribution in [3.63, 3.8) is 0 Å². The van der Waals surface area contributed by atoms with Crippen LogP contribution in [-0.4, -0.2) is 0 Å². The van der Waals surface area contributed by atoms with Crippen LogP contribution in [0.5, 0.6) is 0 Å². The first-order valence-corrected chi connectivity index (χ1v) is 7.35. The van der Waals surface area contributed by atoms with Crippen molar-refractivity contribution in [1.29, 1.82) is 0 Å². The third-order valence-electron chi connectivity index (χ3n) is 3.78. The van der Waals surface area contributed by atoms with Crippen LogP contribution in [0.25, 0.3) is 0 Å². The van der Waals surface area contributed by atoms with Crippen LogP contribution in [0.2, 0.25) is 0 Å². The van der Waals surface area contributed by atoms with E-state index < -0.39 is 0 Å². The Morgan fingerprint density at radius 2 is 1.05 bits per heavy atom. The van der Waals surface area contributed by atoms with E-state index in [0.717, 1.165) is 0 Å². The second-order valence-electron chi connectivity index (χ2n) is 6.82. The van der Waals surface area contributed by atoms with Crippen LogP contribution in [0, 0.1) is 94.8 Å². The fourth-order valence-electron chi connectivity index (χ4n) is 2.86. The van der Waals surface area contributed by atoms with Crippen molar-refractivity contribution in [2.75, 3.05) is 0 Å². The smallest absolute Gasteiger partial charge is 0.342 e. The predicted octanol–water partition coefficient (Wildman–Crippen LogP) is 5.14. The molecule has 0 spiro atoms. The normalized spacial score (nSPS) is 33.3. The maximum atomic E-state index is 4.18. The van der Waals surface area contributed by atoms with Gasteiger partial charge >= 0.3 is 26.2 Å². The van der Waals surface area contributed by atoms with E-state index in [2.05, 4.69) is 34.6 Å². The molecule has 3 aliphatic carbocycles. The molecule has 0 aromatic heterocycles. The summed E-state index contributed by atoms with van der Waals surface area (Å²) in [6, 6.07) is 0. The second-order valence-corrected chi connectivity index (χ2v) is 6.82. The van der Waals surface area contributed by atoms with E-state index in [1.54, 1.807) is 0 Å². The zero-order chi connectivity index (χ0) is 15.1. The van der Waals surface area contributed by atoms with Crippen LogP contribution >= 0.6 is 0 Å². The predicted molar refractivity (Wildman–Crippen MR) is 88.3 cm³/mol. The van der Waals surface area contributed by atoms with Gasteiger partial charge in [0.05, 0.1) is 0 Å². The van der Waals surface area contributed by atoms with E-state index in [4.69, 9.17) is 0 Å². The molecule has 0 heterocycles. The van der Waals surface area contributed by atoms with E-state index in [9.17, 15) is 0 Å². The minimum absolute atomic E-state index is 0. The standard InChI is InChI=1S/C10H18.2C5H5.Zr/c1-8-6-9(2,3)7-10(8,4)5;2*1-2-4-5-3-1;/h8H,1,4,6-7H2,2-3,5H3;2*1-5H;/q-2;;;+2. The largest absolute Gasteiger partial charge is 2.00 e. The van der Waals surface area contributed by atoms with Gasteiger partial charge in [0, 0.05) is 0 Å². The molecule has 3 fully saturated rings. The van der Waals surface area contributed by atoms with Crippen LogP contribution in [0.1, 0.15) is 33.6 Å². The van der Waals surface area contributed by atoms with Crippen molar-refractivity contribution in [2.45, 2.75) is 33.6 Å². The summed E-state index contributed by atoms with van der Waals surface area (Å²) < 4.78 is 0. The first kappa shape index (κ1) is 21.9. The average Bonchev–Trinajstić information content (AvgIpc) is 3.07. The quantitative estimate of drug-likeness (QED) is 0.526. The molecule has 0 aromatic carbocycles. The fraction of sp³-hybridized carbons (Fsp3) is 0.400. The Balaban J connectivity index is 0.000000307. The maximum Gasteiger partial charge on any atom is 2.00 e. The number of hydrogen-bond donors (Lipinski definition) is 0. The van der Waals surface area contributed by atoms with Gasteiger partial charge < -0.3 is 13.8 Å². The molecule has 3 aliphatic rings. The molecule has 2 atom stereocenters. The SMILES string of the molecule is [CH2-]C1CC(C)(C)CC1([CH2-])C.[CH]1[CH][CH][CH][CH]1.[CH]1[CH][CH][CH][CH]1.[Zr+2]. The van der Waals surface area contributed by atoms with Gasteiger partial charge in [-0.25, -0.2) is 0 Å². The summed E-state index contributed by atoms with van der Waals surface area (Å²) in [7, 11) is 0. The Morgan fingerprint density at radius 3 is 1.14 bits per heavy atom. The summed E-state index contributed by atoms with van der Waals surface area (Å²) in [5.74, 6) is 0.544. The van der Waals surface area contributed by atoms with E-state index in [-0.39, 0.29) is 31.6 Å². The van der Waals surface area contributed by atoms with Crippen LogP contribution in [0.3, 0.4) is 0 Å². The van der Waals surface area contributed by atoms with Gasteiger partial charge in [0.1, 0.15) is 0 Å². The number of rotatable bonds is 0. The van der Waals surface area contributed by atoms with Crippen LogP contribution in [0.4, 0.5) is 0 Å². The van der Waals surface area contributed by atoms with Crippen molar-refractivity contribution < 1.29 is 26.2 Å². The van der Waals surface area contributed by atoms with Gasteiger partial charge in [-0.2, -0.15) is 11.3 Å². The van der Waals surface area contributed by atoms with Gasteiger partial charge in [-0.3, -0.25) is 0 Å². The van der Waals surface area contributed by atoms with Gasteiger partial charge in [0.2, 0.25) is 0 Å². The molecular weight excluding hydrogens is 331 g/mol. The Labute approximate surface area is 154 Å². The average molecular weight is 360 g/mol. The molecule has 3 saturated carbocycles.